The van der Waals surface area contributed by atoms with Crippen LogP contribution in [0.15, 0.2) is 200 Å². The van der Waals surface area contributed by atoms with Crippen molar-refractivity contribution >= 4 is 0 Å². The molecular weight excluding hydrogens is 683 g/mol. The van der Waals surface area contributed by atoms with E-state index < -0.39 is 5.41 Å². The molecule has 4 heteroatoms. The molecule has 0 atom stereocenters. The lowest BCUT2D eigenvalue weighted by Gasteiger charge is -2.39. The van der Waals surface area contributed by atoms with E-state index in [1.165, 1.54) is 22.3 Å². The summed E-state index contributed by atoms with van der Waals surface area (Å²) in [6.07, 6.45) is 3.70. The van der Waals surface area contributed by atoms with E-state index in [-0.39, 0.29) is 0 Å². The number of ether oxygens (including phenoxy) is 1. The molecule has 0 N–H and O–H groups in total. The maximum absolute atomic E-state index is 7.08. The Kier molecular flexibility index (Phi) is 7.36. The summed E-state index contributed by atoms with van der Waals surface area (Å²) in [7, 11) is 0. The second kappa shape index (κ2) is 12.9. The van der Waals surface area contributed by atoms with Gasteiger partial charge in [-0.2, -0.15) is 0 Å². The first-order valence-corrected chi connectivity index (χ1v) is 18.9. The molecule has 0 saturated carbocycles. The number of hydrogen-bond acceptors (Lipinski definition) is 4. The number of nitrogens with zero attached hydrogens (tertiary/aromatic N) is 3. The fourth-order valence-corrected chi connectivity index (χ4v) is 8.71. The van der Waals surface area contributed by atoms with Gasteiger partial charge in [-0.3, -0.25) is 4.98 Å². The van der Waals surface area contributed by atoms with Crippen LogP contribution in [0.3, 0.4) is 0 Å². The summed E-state index contributed by atoms with van der Waals surface area (Å²) in [4.78, 5) is 14.6. The Hall–Kier alpha value is -7.43. The molecule has 0 unspecified atom stereocenters. The molecule has 56 heavy (non-hydrogen) atoms. The van der Waals surface area contributed by atoms with Gasteiger partial charge in [0.05, 0.1) is 16.8 Å². The van der Waals surface area contributed by atoms with Gasteiger partial charge in [0.2, 0.25) is 0 Å². The number of aromatic nitrogens is 3. The second-order valence-electron chi connectivity index (χ2n) is 14.4. The van der Waals surface area contributed by atoms with Crippen LogP contribution < -0.4 is 4.74 Å². The Balaban J connectivity index is 1.10. The molecule has 11 rings (SSSR count). The number of rotatable bonds is 5. The number of pyridine rings is 1. The van der Waals surface area contributed by atoms with Crippen LogP contribution in [0.25, 0.3) is 67.3 Å². The highest BCUT2D eigenvalue weighted by atomic mass is 16.5. The van der Waals surface area contributed by atoms with Crippen molar-refractivity contribution in [1.29, 1.82) is 0 Å². The summed E-state index contributed by atoms with van der Waals surface area (Å²) in [5, 5.41) is 0. The summed E-state index contributed by atoms with van der Waals surface area (Å²) in [6, 6.07) is 66.3. The van der Waals surface area contributed by atoms with E-state index in [4.69, 9.17) is 14.7 Å². The molecule has 0 fully saturated rings. The van der Waals surface area contributed by atoms with Crippen LogP contribution in [-0.2, 0) is 5.41 Å². The van der Waals surface area contributed by atoms with E-state index in [2.05, 4.69) is 151 Å². The fraction of sp³-hybridized carbons (Fsp3) is 0.0192. The van der Waals surface area contributed by atoms with Gasteiger partial charge in [0.15, 0.2) is 5.82 Å². The van der Waals surface area contributed by atoms with Crippen molar-refractivity contribution in [2.75, 3.05) is 0 Å². The maximum Gasteiger partial charge on any atom is 0.160 e. The lowest BCUT2D eigenvalue weighted by atomic mass is 9.66. The maximum atomic E-state index is 7.08. The van der Waals surface area contributed by atoms with E-state index in [9.17, 15) is 0 Å². The third-order valence-corrected chi connectivity index (χ3v) is 11.3. The standard InChI is InChI=1S/C52H33N3O/c1-3-12-36(13-4-1)47-32-48(37-14-5-2-6-15-37)55-51(54-47)39-26-28-46-50(31-39)56-49-30-38(34-21-23-35(24-22-34)40-16-11-29-53-33-40)25-27-45(49)52(46)43-19-9-7-17-41(43)42-18-8-10-20-44(42)52/h1-33H. The summed E-state index contributed by atoms with van der Waals surface area (Å²) in [6.45, 7) is 0. The predicted octanol–water partition coefficient (Wildman–Crippen LogP) is 12.7. The van der Waals surface area contributed by atoms with Gasteiger partial charge in [-0.15, -0.1) is 0 Å². The Bertz CT molecular complexity index is 2820. The van der Waals surface area contributed by atoms with Crippen LogP contribution in [0.1, 0.15) is 22.3 Å². The molecule has 0 saturated heterocycles. The van der Waals surface area contributed by atoms with E-state index in [1.54, 1.807) is 6.20 Å². The zero-order valence-corrected chi connectivity index (χ0v) is 30.3. The highest BCUT2D eigenvalue weighted by molar-refractivity contribution is 5.89. The molecule has 1 aliphatic heterocycles. The minimum atomic E-state index is -0.584. The molecule has 1 spiro atoms. The fourth-order valence-electron chi connectivity index (χ4n) is 8.71. The van der Waals surface area contributed by atoms with Crippen molar-refractivity contribution < 1.29 is 4.74 Å². The van der Waals surface area contributed by atoms with Crippen molar-refractivity contribution in [3.63, 3.8) is 0 Å². The van der Waals surface area contributed by atoms with Gasteiger partial charge in [-0.1, -0.05) is 164 Å². The van der Waals surface area contributed by atoms with Gasteiger partial charge in [0, 0.05) is 40.2 Å². The molecule has 0 bridgehead atoms. The van der Waals surface area contributed by atoms with Crippen LogP contribution in [0.5, 0.6) is 11.5 Å². The number of benzene rings is 7. The lowest BCUT2D eigenvalue weighted by Crippen LogP contribution is -2.32. The molecule has 9 aromatic rings. The van der Waals surface area contributed by atoms with E-state index in [0.717, 1.165) is 73.0 Å². The molecule has 1 aliphatic carbocycles. The Labute approximate surface area is 325 Å². The second-order valence-corrected chi connectivity index (χ2v) is 14.4. The largest absolute Gasteiger partial charge is 0.457 e. The normalized spacial score (nSPS) is 12.9. The van der Waals surface area contributed by atoms with Crippen molar-refractivity contribution in [3.05, 3.63) is 223 Å². The van der Waals surface area contributed by atoms with Gasteiger partial charge in [-0.05, 0) is 68.8 Å². The third-order valence-electron chi connectivity index (χ3n) is 11.3. The van der Waals surface area contributed by atoms with Gasteiger partial charge >= 0.3 is 0 Å². The summed E-state index contributed by atoms with van der Waals surface area (Å²) in [5.41, 5.74) is 15.8. The van der Waals surface area contributed by atoms with E-state index in [0.29, 0.717) is 5.82 Å². The molecule has 0 radical (unpaired) electrons. The smallest absolute Gasteiger partial charge is 0.160 e. The van der Waals surface area contributed by atoms with Crippen molar-refractivity contribution in [2.45, 2.75) is 5.41 Å². The summed E-state index contributed by atoms with van der Waals surface area (Å²) in [5.74, 6) is 2.27. The third kappa shape index (κ3) is 5.04. The number of hydrogen-bond donors (Lipinski definition) is 0. The van der Waals surface area contributed by atoms with Crippen LogP contribution in [-0.4, -0.2) is 15.0 Å². The minimum absolute atomic E-state index is 0.584. The highest BCUT2D eigenvalue weighted by Gasteiger charge is 2.51. The van der Waals surface area contributed by atoms with Crippen molar-refractivity contribution in [1.82, 2.24) is 15.0 Å². The van der Waals surface area contributed by atoms with Crippen molar-refractivity contribution in [3.8, 4) is 78.8 Å². The molecule has 4 nitrogen and oxygen atoms in total. The molecular formula is C52H33N3O. The monoisotopic (exact) mass is 715 g/mol. The van der Waals surface area contributed by atoms with Crippen molar-refractivity contribution in [2.24, 2.45) is 0 Å². The van der Waals surface area contributed by atoms with Gasteiger partial charge in [-0.25, -0.2) is 9.97 Å². The minimum Gasteiger partial charge on any atom is -0.457 e. The van der Waals surface area contributed by atoms with Crippen LogP contribution in [0, 0.1) is 0 Å². The van der Waals surface area contributed by atoms with E-state index in [1.807, 2.05) is 48.7 Å². The van der Waals surface area contributed by atoms with E-state index >= 15 is 0 Å². The van der Waals surface area contributed by atoms with Crippen LogP contribution in [0.4, 0.5) is 0 Å². The SMILES string of the molecule is c1ccc(-c2cc(-c3ccccc3)nc(-c3ccc4c(c3)Oc3cc(-c5ccc(-c6cccnc6)cc5)ccc3C43c4ccccc4-c4ccccc43)n2)cc1. The van der Waals surface area contributed by atoms with Gasteiger partial charge < -0.3 is 4.74 Å². The van der Waals surface area contributed by atoms with Crippen LogP contribution >= 0.6 is 0 Å². The Morgan fingerprint density at radius 1 is 0.357 bits per heavy atom. The highest BCUT2D eigenvalue weighted by Crippen LogP contribution is 2.62. The molecule has 0 amide bonds. The first-order valence-electron chi connectivity index (χ1n) is 18.9. The van der Waals surface area contributed by atoms with Crippen LogP contribution in [0.2, 0.25) is 0 Å². The molecule has 2 aliphatic rings. The van der Waals surface area contributed by atoms with Gasteiger partial charge in [0.1, 0.15) is 11.5 Å². The molecule has 2 aromatic heterocycles. The summed E-state index contributed by atoms with van der Waals surface area (Å²) < 4.78 is 7.08. The van der Waals surface area contributed by atoms with Gasteiger partial charge in [0.25, 0.3) is 0 Å². The Morgan fingerprint density at radius 3 is 1.41 bits per heavy atom. The average molecular weight is 716 g/mol. The first-order chi connectivity index (χ1) is 27.7. The zero-order valence-electron chi connectivity index (χ0n) is 30.3. The topological polar surface area (TPSA) is 47.9 Å². The zero-order chi connectivity index (χ0) is 37.1. The molecule has 7 aromatic carbocycles. The molecule has 262 valence electrons. The predicted molar refractivity (Wildman–Crippen MR) is 224 cm³/mol. The average Bonchev–Trinajstić information content (AvgIpc) is 3.57. The lowest BCUT2D eigenvalue weighted by molar-refractivity contribution is 0.437. The summed E-state index contributed by atoms with van der Waals surface area (Å²) >= 11 is 0. The number of fused-ring (bicyclic) bond motifs is 9. The quantitative estimate of drug-likeness (QED) is 0.178. The molecule has 3 heterocycles. The Morgan fingerprint density at radius 2 is 0.839 bits per heavy atom. The first kappa shape index (κ1) is 32.0.